The molecule has 0 aromatic rings. The summed E-state index contributed by atoms with van der Waals surface area (Å²) in [7, 11) is 0. The van der Waals surface area contributed by atoms with Crippen LogP contribution in [0.1, 0.15) is 13.3 Å². The second-order valence-electron chi connectivity index (χ2n) is 2.47. The Bertz CT molecular complexity index is 163. The normalized spacial score (nSPS) is 12.1. The van der Waals surface area contributed by atoms with Crippen LogP contribution < -0.4 is 11.5 Å². The van der Waals surface area contributed by atoms with Crippen LogP contribution in [0.3, 0.4) is 0 Å². The Morgan fingerprint density at radius 3 is 2.55 bits per heavy atom. The Hall–Kier alpha value is -1.26. The molecule has 0 saturated carbocycles. The predicted molar refractivity (Wildman–Crippen MR) is 42.1 cm³/mol. The zero-order valence-corrected chi connectivity index (χ0v) is 6.45. The molecule has 5 nitrogen and oxygen atoms in total. The maximum atomic E-state index is 10.1. The topological polar surface area (TPSA) is 102 Å². The van der Waals surface area contributed by atoms with Crippen LogP contribution in [0.25, 0.3) is 0 Å². The number of rotatable bonds is 4. The summed E-state index contributed by atoms with van der Waals surface area (Å²) in [5.74, 6) is -0.847. The lowest BCUT2D eigenvalue weighted by Gasteiger charge is -2.03. The number of hydrogen-bond donors (Lipinski definition) is 3. The standard InChI is InChI=1S/C6H13N3O2/c1-4(2-5(10)11)3-9-6(7)8/h4H,2-3H2,1H3,(H,10,11)(H4,7,8,9). The Balaban J connectivity index is 3.61. The van der Waals surface area contributed by atoms with Gasteiger partial charge in [-0.15, -0.1) is 0 Å². The van der Waals surface area contributed by atoms with Gasteiger partial charge in [-0.05, 0) is 5.92 Å². The summed E-state index contributed by atoms with van der Waals surface area (Å²) in [6, 6.07) is 0. The quantitative estimate of drug-likeness (QED) is 0.375. The first-order valence-electron chi connectivity index (χ1n) is 3.29. The Morgan fingerprint density at radius 1 is 1.64 bits per heavy atom. The van der Waals surface area contributed by atoms with Gasteiger partial charge in [-0.3, -0.25) is 9.79 Å². The van der Waals surface area contributed by atoms with E-state index in [4.69, 9.17) is 16.6 Å². The van der Waals surface area contributed by atoms with Crippen molar-refractivity contribution in [3.8, 4) is 0 Å². The molecule has 0 aliphatic carbocycles. The van der Waals surface area contributed by atoms with E-state index < -0.39 is 5.97 Å². The van der Waals surface area contributed by atoms with Gasteiger partial charge in [0.25, 0.3) is 0 Å². The fraction of sp³-hybridized carbons (Fsp3) is 0.667. The molecule has 1 atom stereocenters. The zero-order chi connectivity index (χ0) is 8.85. The van der Waals surface area contributed by atoms with Crippen LogP contribution in [0.4, 0.5) is 0 Å². The molecule has 11 heavy (non-hydrogen) atoms. The van der Waals surface area contributed by atoms with E-state index >= 15 is 0 Å². The van der Waals surface area contributed by atoms with Crippen molar-refractivity contribution >= 4 is 11.9 Å². The smallest absolute Gasteiger partial charge is 0.303 e. The van der Waals surface area contributed by atoms with Crippen molar-refractivity contribution in [1.82, 2.24) is 0 Å². The molecule has 0 spiro atoms. The van der Waals surface area contributed by atoms with Crippen LogP contribution in [0, 0.1) is 5.92 Å². The minimum Gasteiger partial charge on any atom is -0.481 e. The molecule has 0 heterocycles. The van der Waals surface area contributed by atoms with Gasteiger partial charge in [-0.2, -0.15) is 0 Å². The predicted octanol–water partition coefficient (Wildman–Crippen LogP) is -0.629. The van der Waals surface area contributed by atoms with Crippen molar-refractivity contribution in [2.24, 2.45) is 22.4 Å². The van der Waals surface area contributed by atoms with E-state index in [-0.39, 0.29) is 18.3 Å². The Kier molecular flexibility index (Phi) is 4.02. The molecule has 0 amide bonds. The average molecular weight is 159 g/mol. The molecule has 64 valence electrons. The number of hydrogen-bond acceptors (Lipinski definition) is 2. The summed E-state index contributed by atoms with van der Waals surface area (Å²) in [6.07, 6.45) is 0.0940. The summed E-state index contributed by atoms with van der Waals surface area (Å²) in [5.41, 5.74) is 10.1. The minimum atomic E-state index is -0.830. The molecule has 0 bridgehead atoms. The van der Waals surface area contributed by atoms with Crippen LogP contribution in [-0.4, -0.2) is 23.6 Å². The first-order chi connectivity index (χ1) is 5.02. The zero-order valence-electron chi connectivity index (χ0n) is 6.45. The number of aliphatic imine (C=N–C) groups is 1. The SMILES string of the molecule is CC(CN=C(N)N)CC(=O)O. The number of carboxylic acids is 1. The summed E-state index contributed by atoms with van der Waals surface area (Å²) in [6.45, 7) is 2.15. The van der Waals surface area contributed by atoms with Crippen LogP contribution in [0.2, 0.25) is 0 Å². The molecule has 5 heteroatoms. The second kappa shape index (κ2) is 4.54. The van der Waals surface area contributed by atoms with Crippen molar-refractivity contribution < 1.29 is 9.90 Å². The molecule has 0 aliphatic rings. The highest BCUT2D eigenvalue weighted by molar-refractivity contribution is 5.75. The summed E-state index contributed by atoms with van der Waals surface area (Å²) >= 11 is 0. The lowest BCUT2D eigenvalue weighted by atomic mass is 10.1. The molecule has 0 fully saturated rings. The van der Waals surface area contributed by atoms with Gasteiger partial charge < -0.3 is 16.6 Å². The van der Waals surface area contributed by atoms with E-state index in [2.05, 4.69) is 4.99 Å². The van der Waals surface area contributed by atoms with Gasteiger partial charge in [0.15, 0.2) is 5.96 Å². The number of carboxylic acid groups (broad SMARTS) is 1. The highest BCUT2D eigenvalue weighted by atomic mass is 16.4. The largest absolute Gasteiger partial charge is 0.481 e. The van der Waals surface area contributed by atoms with E-state index in [1.807, 2.05) is 0 Å². The first-order valence-corrected chi connectivity index (χ1v) is 3.29. The van der Waals surface area contributed by atoms with Crippen LogP contribution >= 0.6 is 0 Å². The first kappa shape index (κ1) is 9.74. The van der Waals surface area contributed by atoms with E-state index in [9.17, 15) is 4.79 Å². The van der Waals surface area contributed by atoms with Gasteiger partial charge in [0.1, 0.15) is 0 Å². The summed E-state index contributed by atoms with van der Waals surface area (Å²) in [4.78, 5) is 13.8. The number of aliphatic carboxylic acids is 1. The van der Waals surface area contributed by atoms with Crippen LogP contribution in [0.15, 0.2) is 4.99 Å². The molecule has 5 N–H and O–H groups in total. The van der Waals surface area contributed by atoms with Gasteiger partial charge in [0.2, 0.25) is 0 Å². The van der Waals surface area contributed by atoms with Gasteiger partial charge in [0, 0.05) is 13.0 Å². The van der Waals surface area contributed by atoms with Crippen LogP contribution in [0.5, 0.6) is 0 Å². The van der Waals surface area contributed by atoms with Crippen molar-refractivity contribution in [3.05, 3.63) is 0 Å². The highest BCUT2D eigenvalue weighted by Gasteiger charge is 2.05. The Morgan fingerprint density at radius 2 is 2.18 bits per heavy atom. The average Bonchev–Trinajstić information content (AvgIpc) is 1.82. The van der Waals surface area contributed by atoms with Crippen molar-refractivity contribution in [2.75, 3.05) is 6.54 Å². The minimum absolute atomic E-state index is 0.00207. The number of carbonyl (C=O) groups is 1. The number of guanidine groups is 1. The van der Waals surface area contributed by atoms with E-state index in [1.165, 1.54) is 0 Å². The van der Waals surface area contributed by atoms with E-state index in [1.54, 1.807) is 6.92 Å². The molecule has 0 aromatic carbocycles. The maximum Gasteiger partial charge on any atom is 0.303 e. The van der Waals surface area contributed by atoms with Gasteiger partial charge >= 0.3 is 5.97 Å². The van der Waals surface area contributed by atoms with Crippen molar-refractivity contribution in [1.29, 1.82) is 0 Å². The van der Waals surface area contributed by atoms with Crippen molar-refractivity contribution in [2.45, 2.75) is 13.3 Å². The number of nitrogens with zero attached hydrogens (tertiary/aromatic N) is 1. The van der Waals surface area contributed by atoms with E-state index in [0.717, 1.165) is 0 Å². The third-order valence-electron chi connectivity index (χ3n) is 1.11. The molecule has 1 unspecified atom stereocenters. The fourth-order valence-electron chi connectivity index (χ4n) is 0.624. The highest BCUT2D eigenvalue weighted by Crippen LogP contribution is 2.00. The third kappa shape index (κ3) is 6.63. The third-order valence-corrected chi connectivity index (χ3v) is 1.11. The molecule has 0 aromatic heterocycles. The molecule has 0 aliphatic heterocycles. The molecule has 0 rings (SSSR count). The van der Waals surface area contributed by atoms with Gasteiger partial charge in [0.05, 0.1) is 0 Å². The molecular weight excluding hydrogens is 146 g/mol. The molecule has 0 radical (unpaired) electrons. The summed E-state index contributed by atoms with van der Waals surface area (Å²) < 4.78 is 0. The van der Waals surface area contributed by atoms with E-state index in [0.29, 0.717) is 6.54 Å². The van der Waals surface area contributed by atoms with Gasteiger partial charge in [-0.25, -0.2) is 0 Å². The van der Waals surface area contributed by atoms with Gasteiger partial charge in [-0.1, -0.05) is 6.92 Å². The fourth-order valence-corrected chi connectivity index (χ4v) is 0.624. The molecule has 0 saturated heterocycles. The maximum absolute atomic E-state index is 10.1. The Labute approximate surface area is 65.1 Å². The van der Waals surface area contributed by atoms with Crippen molar-refractivity contribution in [3.63, 3.8) is 0 Å². The number of nitrogens with two attached hydrogens (primary N) is 2. The molecular formula is C6H13N3O2. The monoisotopic (exact) mass is 159 g/mol. The lowest BCUT2D eigenvalue weighted by Crippen LogP contribution is -2.24. The second-order valence-corrected chi connectivity index (χ2v) is 2.47. The van der Waals surface area contributed by atoms with Crippen LogP contribution in [-0.2, 0) is 4.79 Å². The lowest BCUT2D eigenvalue weighted by molar-refractivity contribution is -0.137. The summed E-state index contributed by atoms with van der Waals surface area (Å²) in [5, 5.41) is 8.34.